The van der Waals surface area contributed by atoms with E-state index in [9.17, 15) is 26.3 Å². The van der Waals surface area contributed by atoms with Crippen molar-refractivity contribution in [1.82, 2.24) is 10.2 Å². The number of alkyl halides is 6. The first kappa shape index (κ1) is 23.4. The Morgan fingerprint density at radius 1 is 0.920 bits per heavy atom. The van der Waals surface area contributed by atoms with E-state index in [1.807, 2.05) is 0 Å². The van der Waals surface area contributed by atoms with Gasteiger partial charge in [0.25, 0.3) is 0 Å². The van der Waals surface area contributed by atoms with Gasteiger partial charge in [0.1, 0.15) is 0 Å². The highest BCUT2D eigenvalue weighted by Crippen LogP contribution is 2.27. The summed E-state index contributed by atoms with van der Waals surface area (Å²) in [6, 6.07) is 0.751. The van der Waals surface area contributed by atoms with E-state index >= 15 is 0 Å². The maximum atomic E-state index is 10.6. The number of fused-ring (bicyclic) bond motifs is 1. The van der Waals surface area contributed by atoms with Gasteiger partial charge in [-0.25, -0.2) is 9.59 Å². The number of likely N-dealkylation sites (tertiary alicyclic amines) is 1. The van der Waals surface area contributed by atoms with Gasteiger partial charge >= 0.3 is 24.3 Å². The summed E-state index contributed by atoms with van der Waals surface area (Å²) in [5, 5.41) is 17.7. The fourth-order valence-corrected chi connectivity index (χ4v) is 2.31. The summed E-state index contributed by atoms with van der Waals surface area (Å²) in [5.41, 5.74) is 0. The fourth-order valence-electron chi connectivity index (χ4n) is 2.31. The third-order valence-electron chi connectivity index (χ3n) is 3.63. The Bertz CT molecular complexity index is 417. The normalized spacial score (nSPS) is 23.2. The number of nitrogens with zero attached hydrogens (tertiary/aromatic N) is 1. The first-order valence-electron chi connectivity index (χ1n) is 7.21. The maximum Gasteiger partial charge on any atom is 0.490 e. The first-order valence-corrected chi connectivity index (χ1v) is 7.21. The molecule has 0 radical (unpaired) electrons. The van der Waals surface area contributed by atoms with Gasteiger partial charge in [0.2, 0.25) is 0 Å². The molecule has 6 nitrogen and oxygen atoms in total. The molecule has 0 aromatic carbocycles. The molecule has 2 rings (SSSR count). The minimum Gasteiger partial charge on any atom is -0.475 e. The molecule has 148 valence electrons. The molecule has 2 aliphatic rings. The van der Waals surface area contributed by atoms with Crippen LogP contribution in [-0.2, 0) is 9.59 Å². The number of hydrogen-bond acceptors (Lipinski definition) is 4. The second kappa shape index (κ2) is 9.22. The number of carboxylic acid groups (broad SMARTS) is 2. The van der Waals surface area contributed by atoms with Crippen LogP contribution in [0.1, 0.15) is 13.8 Å². The van der Waals surface area contributed by atoms with Crippen LogP contribution >= 0.6 is 0 Å². The fraction of sp³-hybridized carbons (Fsp3) is 0.846. The summed E-state index contributed by atoms with van der Waals surface area (Å²) in [6.45, 7) is 9.77. The Balaban J connectivity index is 0.000000366. The van der Waals surface area contributed by atoms with Crippen LogP contribution in [0.5, 0.6) is 0 Å². The number of carbonyl (C=O) groups is 2. The van der Waals surface area contributed by atoms with Crippen LogP contribution < -0.4 is 5.32 Å². The minimum absolute atomic E-state index is 0.751. The van der Waals surface area contributed by atoms with Crippen LogP contribution in [0, 0.1) is 11.8 Å². The zero-order chi connectivity index (χ0) is 20.0. The van der Waals surface area contributed by atoms with Gasteiger partial charge in [-0.3, -0.25) is 0 Å². The molecular formula is C13H20F6N2O4. The van der Waals surface area contributed by atoms with Gasteiger partial charge < -0.3 is 20.4 Å². The number of rotatable bonds is 1. The van der Waals surface area contributed by atoms with Crippen LogP contribution in [0.3, 0.4) is 0 Å². The summed E-state index contributed by atoms with van der Waals surface area (Å²) in [6.07, 6.45) is -10.2. The first-order chi connectivity index (χ1) is 11.2. The molecule has 0 spiro atoms. The number of nitrogens with one attached hydrogen (secondary N) is 1. The van der Waals surface area contributed by atoms with Crippen LogP contribution in [0.25, 0.3) is 0 Å². The minimum atomic E-state index is -5.08. The van der Waals surface area contributed by atoms with Crippen molar-refractivity contribution < 1.29 is 46.1 Å². The lowest BCUT2D eigenvalue weighted by Crippen LogP contribution is -2.31. The predicted octanol–water partition coefficient (Wildman–Crippen LogP) is 1.81. The third kappa shape index (κ3) is 8.91. The molecular weight excluding hydrogens is 362 g/mol. The van der Waals surface area contributed by atoms with Gasteiger partial charge in [0.05, 0.1) is 0 Å². The molecule has 25 heavy (non-hydrogen) atoms. The van der Waals surface area contributed by atoms with E-state index in [0.29, 0.717) is 0 Å². The highest BCUT2D eigenvalue weighted by molar-refractivity contribution is 5.73. The maximum absolute atomic E-state index is 10.6. The van der Waals surface area contributed by atoms with Gasteiger partial charge in [-0.15, -0.1) is 0 Å². The SMILES string of the molecule is CC(C)N1CC2CNCC2C1.O=C(O)C(F)(F)F.O=C(O)C(F)(F)F. The van der Waals surface area contributed by atoms with Crippen molar-refractivity contribution in [3.63, 3.8) is 0 Å². The molecule has 2 fully saturated rings. The number of carboxylic acids is 2. The summed E-state index contributed by atoms with van der Waals surface area (Å²) in [5.74, 6) is -3.60. The summed E-state index contributed by atoms with van der Waals surface area (Å²) in [7, 11) is 0. The lowest BCUT2D eigenvalue weighted by atomic mass is 10.0. The Morgan fingerprint density at radius 3 is 1.40 bits per heavy atom. The van der Waals surface area contributed by atoms with Gasteiger partial charge in [0, 0.05) is 19.1 Å². The van der Waals surface area contributed by atoms with Crippen LogP contribution in [0.4, 0.5) is 26.3 Å². The lowest BCUT2D eigenvalue weighted by molar-refractivity contribution is -0.193. The number of halogens is 6. The largest absolute Gasteiger partial charge is 0.490 e. The van der Waals surface area contributed by atoms with Gasteiger partial charge in [-0.05, 0) is 38.8 Å². The van der Waals surface area contributed by atoms with Crippen molar-refractivity contribution in [2.75, 3.05) is 26.2 Å². The highest BCUT2D eigenvalue weighted by Gasteiger charge is 2.39. The smallest absolute Gasteiger partial charge is 0.475 e. The monoisotopic (exact) mass is 382 g/mol. The number of hydrogen-bond donors (Lipinski definition) is 3. The molecule has 2 unspecified atom stereocenters. The molecule has 0 aromatic heterocycles. The van der Waals surface area contributed by atoms with Crippen molar-refractivity contribution in [2.24, 2.45) is 11.8 Å². The average Bonchev–Trinajstić information content (AvgIpc) is 2.97. The van der Waals surface area contributed by atoms with Crippen molar-refractivity contribution in [1.29, 1.82) is 0 Å². The standard InChI is InChI=1S/C9H18N2.2C2HF3O2/c1-7(2)11-5-8-3-10-4-9(8)6-11;2*3-2(4,5)1(6)7/h7-10H,3-6H2,1-2H3;2*(H,6,7). The zero-order valence-corrected chi connectivity index (χ0v) is 13.5. The second-order valence-corrected chi connectivity index (χ2v) is 5.83. The van der Waals surface area contributed by atoms with Gasteiger partial charge in [-0.2, -0.15) is 26.3 Å². The Hall–Kier alpha value is -1.56. The molecule has 0 aliphatic carbocycles. The van der Waals surface area contributed by atoms with Crippen molar-refractivity contribution in [2.45, 2.75) is 32.2 Å². The quantitative estimate of drug-likeness (QED) is 0.600. The highest BCUT2D eigenvalue weighted by atomic mass is 19.4. The van der Waals surface area contributed by atoms with Crippen LogP contribution in [-0.4, -0.2) is 71.6 Å². The van der Waals surface area contributed by atoms with Crippen LogP contribution in [0.2, 0.25) is 0 Å². The molecule has 12 heteroatoms. The van der Waals surface area contributed by atoms with Gasteiger partial charge in [-0.1, -0.05) is 0 Å². The van der Waals surface area contributed by atoms with E-state index in [1.54, 1.807) is 0 Å². The Labute approximate surface area is 139 Å². The molecule has 0 saturated carbocycles. The molecule has 2 atom stereocenters. The van der Waals surface area contributed by atoms with E-state index in [1.165, 1.54) is 26.2 Å². The van der Waals surface area contributed by atoms with Crippen molar-refractivity contribution in [3.8, 4) is 0 Å². The van der Waals surface area contributed by atoms with Crippen LogP contribution in [0.15, 0.2) is 0 Å². The summed E-state index contributed by atoms with van der Waals surface area (Å²) in [4.78, 5) is 20.4. The lowest BCUT2D eigenvalue weighted by Gasteiger charge is -2.20. The molecule has 3 N–H and O–H groups in total. The molecule has 0 amide bonds. The molecule has 2 aliphatic heterocycles. The summed E-state index contributed by atoms with van der Waals surface area (Å²) >= 11 is 0. The summed E-state index contributed by atoms with van der Waals surface area (Å²) < 4.78 is 63.5. The number of aliphatic carboxylic acids is 2. The topological polar surface area (TPSA) is 89.9 Å². The van der Waals surface area contributed by atoms with E-state index in [-0.39, 0.29) is 0 Å². The van der Waals surface area contributed by atoms with E-state index in [2.05, 4.69) is 24.1 Å². The Morgan fingerprint density at radius 2 is 1.20 bits per heavy atom. The molecule has 2 heterocycles. The average molecular weight is 382 g/mol. The van der Waals surface area contributed by atoms with Crippen molar-refractivity contribution in [3.05, 3.63) is 0 Å². The van der Waals surface area contributed by atoms with Gasteiger partial charge in [0.15, 0.2) is 0 Å². The predicted molar refractivity (Wildman–Crippen MR) is 73.9 cm³/mol. The van der Waals surface area contributed by atoms with Crippen molar-refractivity contribution >= 4 is 11.9 Å². The molecule has 0 bridgehead atoms. The molecule has 0 aromatic rings. The van der Waals surface area contributed by atoms with E-state index < -0.39 is 24.3 Å². The zero-order valence-electron chi connectivity index (χ0n) is 13.5. The Kier molecular flexibility index (Phi) is 8.65. The second-order valence-electron chi connectivity index (χ2n) is 5.83. The van der Waals surface area contributed by atoms with E-state index in [4.69, 9.17) is 19.8 Å². The molecule has 2 saturated heterocycles. The third-order valence-corrected chi connectivity index (χ3v) is 3.63. The van der Waals surface area contributed by atoms with E-state index in [0.717, 1.165) is 17.9 Å².